The van der Waals surface area contributed by atoms with E-state index in [1.165, 1.54) is 4.90 Å². The quantitative estimate of drug-likeness (QED) is 0.727. The Bertz CT molecular complexity index is 1070. The summed E-state index contributed by atoms with van der Waals surface area (Å²) in [6.45, 7) is 0.969. The van der Waals surface area contributed by atoms with Crippen molar-refractivity contribution in [3.05, 3.63) is 60.8 Å². The molecule has 1 N–H and O–H groups in total. The lowest BCUT2D eigenvalue weighted by molar-refractivity contribution is -0.145. The van der Waals surface area contributed by atoms with Crippen molar-refractivity contribution >= 4 is 28.5 Å². The lowest BCUT2D eigenvalue weighted by Crippen LogP contribution is -2.52. The molecule has 2 heterocycles. The fourth-order valence-electron chi connectivity index (χ4n) is 3.61. The molecule has 4 rings (SSSR count). The van der Waals surface area contributed by atoms with E-state index in [0.29, 0.717) is 18.8 Å². The lowest BCUT2D eigenvalue weighted by Gasteiger charge is -2.33. The maximum atomic E-state index is 12.9. The molecule has 0 saturated carbocycles. The Kier molecular flexibility index (Phi) is 5.63. The second-order valence-electron chi connectivity index (χ2n) is 7.39. The zero-order valence-electron chi connectivity index (χ0n) is 17.0. The van der Waals surface area contributed by atoms with Crippen LogP contribution < -0.4 is 5.32 Å². The Balaban J connectivity index is 1.58. The van der Waals surface area contributed by atoms with Gasteiger partial charge in [0.1, 0.15) is 0 Å². The summed E-state index contributed by atoms with van der Waals surface area (Å²) < 4.78 is 5.54. The predicted molar refractivity (Wildman–Crippen MR) is 116 cm³/mol. The molecule has 2 aromatic carbocycles. The Hall–Kier alpha value is -3.45. The lowest BCUT2D eigenvalue weighted by atomic mass is 10.0. The SMILES string of the molecule is CN(C)C(=O)C1CN(C(=O)Nc2cccc3c(-c4ccccc4)ccnc23)CCO1. The zero-order valence-corrected chi connectivity index (χ0v) is 17.0. The number of aromatic nitrogens is 1. The number of carbonyl (C=O) groups excluding carboxylic acids is 2. The third kappa shape index (κ3) is 3.97. The zero-order chi connectivity index (χ0) is 21.1. The maximum Gasteiger partial charge on any atom is 0.322 e. The van der Waals surface area contributed by atoms with Crippen LogP contribution in [0, 0.1) is 0 Å². The van der Waals surface area contributed by atoms with Crippen molar-refractivity contribution in [1.82, 2.24) is 14.8 Å². The van der Waals surface area contributed by atoms with Crippen LogP contribution >= 0.6 is 0 Å². The molecule has 7 nitrogen and oxygen atoms in total. The third-order valence-corrected chi connectivity index (χ3v) is 5.17. The number of urea groups is 1. The molecule has 30 heavy (non-hydrogen) atoms. The molecule has 1 fully saturated rings. The van der Waals surface area contributed by atoms with E-state index in [1.807, 2.05) is 42.5 Å². The molecule has 154 valence electrons. The van der Waals surface area contributed by atoms with Crippen LogP contribution in [0.4, 0.5) is 10.5 Å². The standard InChI is InChI=1S/C23H24N4O3/c1-26(2)22(28)20-15-27(13-14-30-20)23(29)25-19-10-6-9-18-17(11-12-24-21(18)19)16-7-4-3-5-8-16/h3-12,20H,13-15H2,1-2H3,(H,25,29). The first-order valence-electron chi connectivity index (χ1n) is 9.86. The topological polar surface area (TPSA) is 74.8 Å². The van der Waals surface area contributed by atoms with Gasteiger partial charge in [-0.2, -0.15) is 0 Å². The smallest absolute Gasteiger partial charge is 0.322 e. The summed E-state index contributed by atoms with van der Waals surface area (Å²) in [6, 6.07) is 17.5. The molecule has 0 radical (unpaired) electrons. The summed E-state index contributed by atoms with van der Waals surface area (Å²) in [4.78, 5) is 32.7. The number of carbonyl (C=O) groups is 2. The van der Waals surface area contributed by atoms with Gasteiger partial charge in [-0.15, -0.1) is 0 Å². The highest BCUT2D eigenvalue weighted by Crippen LogP contribution is 2.31. The molecule has 1 unspecified atom stereocenters. The number of nitrogens with zero attached hydrogens (tertiary/aromatic N) is 3. The van der Waals surface area contributed by atoms with Crippen molar-refractivity contribution < 1.29 is 14.3 Å². The molecule has 0 spiro atoms. The van der Waals surface area contributed by atoms with Gasteiger partial charge in [-0.1, -0.05) is 42.5 Å². The van der Waals surface area contributed by atoms with Gasteiger partial charge in [0.2, 0.25) is 0 Å². The second-order valence-corrected chi connectivity index (χ2v) is 7.39. The minimum absolute atomic E-state index is 0.146. The van der Waals surface area contributed by atoms with Crippen molar-refractivity contribution in [3.8, 4) is 11.1 Å². The van der Waals surface area contributed by atoms with E-state index in [-0.39, 0.29) is 18.5 Å². The molecule has 0 bridgehead atoms. The molecule has 0 aliphatic carbocycles. The Labute approximate surface area is 175 Å². The number of rotatable bonds is 3. The fraction of sp³-hybridized carbons (Fsp3) is 0.261. The first-order valence-corrected chi connectivity index (χ1v) is 9.86. The number of ether oxygens (including phenoxy) is 1. The van der Waals surface area contributed by atoms with Crippen molar-refractivity contribution in [2.75, 3.05) is 39.1 Å². The Morgan fingerprint density at radius 2 is 1.90 bits per heavy atom. The van der Waals surface area contributed by atoms with Crippen LogP contribution in [0.2, 0.25) is 0 Å². The molecule has 1 aliphatic heterocycles. The van der Waals surface area contributed by atoms with E-state index in [9.17, 15) is 9.59 Å². The third-order valence-electron chi connectivity index (χ3n) is 5.17. The monoisotopic (exact) mass is 404 g/mol. The van der Waals surface area contributed by atoms with E-state index in [1.54, 1.807) is 25.2 Å². The number of amides is 3. The largest absolute Gasteiger partial charge is 0.365 e. The van der Waals surface area contributed by atoms with E-state index in [0.717, 1.165) is 22.0 Å². The van der Waals surface area contributed by atoms with Crippen molar-refractivity contribution in [3.63, 3.8) is 0 Å². The average Bonchev–Trinajstić information content (AvgIpc) is 2.79. The highest BCUT2D eigenvalue weighted by Gasteiger charge is 2.30. The number of morpholine rings is 1. The van der Waals surface area contributed by atoms with Gasteiger partial charge in [0.15, 0.2) is 6.10 Å². The average molecular weight is 404 g/mol. The summed E-state index contributed by atoms with van der Waals surface area (Å²) in [5.41, 5.74) is 3.50. The van der Waals surface area contributed by atoms with E-state index >= 15 is 0 Å². The van der Waals surface area contributed by atoms with E-state index in [4.69, 9.17) is 4.74 Å². The second kappa shape index (κ2) is 8.51. The molecule has 3 aromatic rings. The highest BCUT2D eigenvalue weighted by atomic mass is 16.5. The normalized spacial score (nSPS) is 16.3. The van der Waals surface area contributed by atoms with Gasteiger partial charge in [0, 0.05) is 32.2 Å². The number of likely N-dealkylation sites (N-methyl/N-ethyl adjacent to an activating group) is 1. The molecule has 1 aliphatic rings. The van der Waals surface area contributed by atoms with Gasteiger partial charge in [-0.3, -0.25) is 9.78 Å². The highest BCUT2D eigenvalue weighted by molar-refractivity contribution is 6.04. The Morgan fingerprint density at radius 3 is 2.67 bits per heavy atom. The number of para-hydroxylation sites is 1. The molecule has 1 atom stereocenters. The number of anilines is 1. The summed E-state index contributed by atoms with van der Waals surface area (Å²) in [5, 5.41) is 3.93. The minimum Gasteiger partial charge on any atom is -0.365 e. The molecule has 1 saturated heterocycles. The van der Waals surface area contributed by atoms with E-state index < -0.39 is 6.10 Å². The van der Waals surface area contributed by atoms with Crippen LogP contribution in [-0.4, -0.2) is 66.6 Å². The summed E-state index contributed by atoms with van der Waals surface area (Å²) >= 11 is 0. The molecule has 7 heteroatoms. The number of benzene rings is 2. The predicted octanol–water partition coefficient (Wildman–Crippen LogP) is 3.22. The van der Waals surface area contributed by atoms with Crippen LogP contribution in [0.15, 0.2) is 60.8 Å². The van der Waals surface area contributed by atoms with Crippen LogP contribution in [0.3, 0.4) is 0 Å². The van der Waals surface area contributed by atoms with Crippen molar-refractivity contribution in [2.24, 2.45) is 0 Å². The number of hydrogen-bond donors (Lipinski definition) is 1. The number of nitrogens with one attached hydrogen (secondary N) is 1. The van der Waals surface area contributed by atoms with Gasteiger partial charge in [0.25, 0.3) is 5.91 Å². The molecular formula is C23H24N4O3. The number of fused-ring (bicyclic) bond motifs is 1. The first-order chi connectivity index (χ1) is 14.5. The van der Waals surface area contributed by atoms with E-state index in [2.05, 4.69) is 22.4 Å². The summed E-state index contributed by atoms with van der Waals surface area (Å²) in [5.74, 6) is -0.146. The molecular weight excluding hydrogens is 380 g/mol. The van der Waals surface area contributed by atoms with Gasteiger partial charge in [-0.05, 0) is 23.3 Å². The van der Waals surface area contributed by atoms with Crippen molar-refractivity contribution in [1.29, 1.82) is 0 Å². The maximum absolute atomic E-state index is 12.9. The number of hydrogen-bond acceptors (Lipinski definition) is 4. The number of pyridine rings is 1. The van der Waals surface area contributed by atoms with Gasteiger partial charge in [0.05, 0.1) is 24.4 Å². The van der Waals surface area contributed by atoms with Crippen LogP contribution in [0.5, 0.6) is 0 Å². The fourth-order valence-corrected chi connectivity index (χ4v) is 3.61. The summed E-state index contributed by atoms with van der Waals surface area (Å²) in [6.07, 6.45) is 1.11. The first kappa shape index (κ1) is 19.8. The molecule has 1 aromatic heterocycles. The van der Waals surface area contributed by atoms with Crippen molar-refractivity contribution in [2.45, 2.75) is 6.10 Å². The Morgan fingerprint density at radius 1 is 1.10 bits per heavy atom. The van der Waals surface area contributed by atoms with Crippen LogP contribution in [0.25, 0.3) is 22.0 Å². The van der Waals surface area contributed by atoms with Crippen LogP contribution in [0.1, 0.15) is 0 Å². The van der Waals surface area contributed by atoms with Gasteiger partial charge < -0.3 is 19.9 Å². The van der Waals surface area contributed by atoms with Crippen LogP contribution in [-0.2, 0) is 9.53 Å². The summed E-state index contributed by atoms with van der Waals surface area (Å²) in [7, 11) is 3.35. The van der Waals surface area contributed by atoms with Gasteiger partial charge >= 0.3 is 6.03 Å². The minimum atomic E-state index is -0.644. The molecule has 3 amide bonds. The van der Waals surface area contributed by atoms with Gasteiger partial charge in [-0.25, -0.2) is 4.79 Å².